The lowest BCUT2D eigenvalue weighted by atomic mass is 9.97. The molecule has 1 N–H and O–H groups in total. The fraction of sp³-hybridized carbons (Fsp3) is 0.500. The summed E-state index contributed by atoms with van der Waals surface area (Å²) in [6.07, 6.45) is 6.24. The van der Waals surface area contributed by atoms with Crippen molar-refractivity contribution in [2.24, 2.45) is 0 Å². The minimum Gasteiger partial charge on any atom is -0.390 e. The Morgan fingerprint density at radius 2 is 2.14 bits per heavy atom. The van der Waals surface area contributed by atoms with Crippen LogP contribution in [0.2, 0.25) is 0 Å². The molecule has 0 aliphatic carbocycles. The lowest BCUT2D eigenvalue weighted by Gasteiger charge is -2.37. The zero-order valence-electron chi connectivity index (χ0n) is 12.8. The summed E-state index contributed by atoms with van der Waals surface area (Å²) in [6, 6.07) is 11.0. The first-order chi connectivity index (χ1) is 10.3. The molecule has 2 heterocycles. The summed E-state index contributed by atoms with van der Waals surface area (Å²) in [5, 5.41) is 11.9. The van der Waals surface area contributed by atoms with Gasteiger partial charge in [0.25, 0.3) is 0 Å². The molecule has 2 aromatic rings. The van der Waals surface area contributed by atoms with E-state index in [4.69, 9.17) is 4.98 Å². The highest BCUT2D eigenvalue weighted by atomic mass is 16.3. The number of pyridine rings is 1. The molecule has 3 nitrogen and oxygen atoms in total. The summed E-state index contributed by atoms with van der Waals surface area (Å²) in [5.41, 5.74) is 0.768. The van der Waals surface area contributed by atoms with Gasteiger partial charge in [0, 0.05) is 18.0 Å². The third-order valence-corrected chi connectivity index (χ3v) is 4.46. The third kappa shape index (κ3) is 2.88. The number of aliphatic hydroxyl groups is 1. The molecule has 1 aliphatic heterocycles. The summed E-state index contributed by atoms with van der Waals surface area (Å²) in [4.78, 5) is 7.23. The second-order valence-electron chi connectivity index (χ2n) is 5.95. The number of aliphatic hydroxyl groups excluding tert-OH is 1. The van der Waals surface area contributed by atoms with Crippen LogP contribution in [-0.2, 0) is 6.61 Å². The number of fused-ring (bicyclic) bond motifs is 1. The number of anilines is 1. The zero-order valence-corrected chi connectivity index (χ0v) is 12.8. The number of benzene rings is 1. The van der Waals surface area contributed by atoms with Crippen LogP contribution >= 0.6 is 0 Å². The molecule has 112 valence electrons. The second-order valence-corrected chi connectivity index (χ2v) is 5.95. The van der Waals surface area contributed by atoms with E-state index in [1.807, 2.05) is 12.1 Å². The highest BCUT2D eigenvalue weighted by Gasteiger charge is 2.24. The molecule has 0 radical (unpaired) electrons. The fourth-order valence-corrected chi connectivity index (χ4v) is 3.45. The summed E-state index contributed by atoms with van der Waals surface area (Å²) < 4.78 is 0. The van der Waals surface area contributed by atoms with Gasteiger partial charge in [-0.3, -0.25) is 0 Å². The molecule has 21 heavy (non-hydrogen) atoms. The first kappa shape index (κ1) is 14.3. The van der Waals surface area contributed by atoms with Crippen LogP contribution in [0.15, 0.2) is 30.3 Å². The smallest absolute Gasteiger partial charge is 0.137 e. The topological polar surface area (TPSA) is 36.4 Å². The minimum absolute atomic E-state index is 0.00409. The molecule has 1 unspecified atom stereocenters. The lowest BCUT2D eigenvalue weighted by Crippen LogP contribution is -2.40. The van der Waals surface area contributed by atoms with E-state index in [-0.39, 0.29) is 6.61 Å². The van der Waals surface area contributed by atoms with Crippen LogP contribution in [0.1, 0.15) is 44.7 Å². The molecule has 0 saturated carbocycles. The zero-order chi connectivity index (χ0) is 14.7. The normalized spacial score (nSPS) is 19.1. The van der Waals surface area contributed by atoms with Gasteiger partial charge in [0.2, 0.25) is 0 Å². The van der Waals surface area contributed by atoms with Crippen molar-refractivity contribution in [2.75, 3.05) is 11.4 Å². The Balaban J connectivity index is 2.08. The summed E-state index contributed by atoms with van der Waals surface area (Å²) in [6.45, 7) is 3.34. The fourth-order valence-electron chi connectivity index (χ4n) is 3.45. The van der Waals surface area contributed by atoms with E-state index >= 15 is 0 Å². The van der Waals surface area contributed by atoms with Crippen molar-refractivity contribution < 1.29 is 5.11 Å². The molecule has 3 rings (SSSR count). The van der Waals surface area contributed by atoms with Crippen LogP contribution in [0.5, 0.6) is 0 Å². The van der Waals surface area contributed by atoms with Gasteiger partial charge in [-0.2, -0.15) is 0 Å². The maximum absolute atomic E-state index is 9.51. The van der Waals surface area contributed by atoms with Gasteiger partial charge < -0.3 is 10.0 Å². The number of hydrogen-bond donors (Lipinski definition) is 1. The first-order valence-electron chi connectivity index (χ1n) is 8.09. The van der Waals surface area contributed by atoms with E-state index in [1.165, 1.54) is 42.9 Å². The van der Waals surface area contributed by atoms with Crippen molar-refractivity contribution in [1.29, 1.82) is 0 Å². The van der Waals surface area contributed by atoms with Gasteiger partial charge in [0.15, 0.2) is 0 Å². The molecule has 3 heteroatoms. The Labute approximate surface area is 126 Å². The number of rotatable bonds is 4. The number of piperidine rings is 1. The Morgan fingerprint density at radius 1 is 1.29 bits per heavy atom. The number of hydrogen-bond acceptors (Lipinski definition) is 3. The molecule has 0 spiro atoms. The van der Waals surface area contributed by atoms with Crippen molar-refractivity contribution in [3.05, 3.63) is 36.0 Å². The average Bonchev–Trinajstić information content (AvgIpc) is 2.54. The van der Waals surface area contributed by atoms with Gasteiger partial charge in [-0.1, -0.05) is 37.6 Å². The van der Waals surface area contributed by atoms with Crippen LogP contribution in [-0.4, -0.2) is 22.7 Å². The first-order valence-corrected chi connectivity index (χ1v) is 8.09. The second kappa shape index (κ2) is 6.44. The molecule has 1 aliphatic rings. The van der Waals surface area contributed by atoms with Crippen LogP contribution in [0.4, 0.5) is 5.82 Å². The average molecular weight is 284 g/mol. The molecule has 1 atom stereocenters. The largest absolute Gasteiger partial charge is 0.390 e. The summed E-state index contributed by atoms with van der Waals surface area (Å²) >= 11 is 0. The van der Waals surface area contributed by atoms with Gasteiger partial charge in [-0.15, -0.1) is 0 Å². The highest BCUT2D eigenvalue weighted by Crippen LogP contribution is 2.32. The minimum atomic E-state index is 0.00409. The molecule has 1 fully saturated rings. The monoisotopic (exact) mass is 284 g/mol. The van der Waals surface area contributed by atoms with Gasteiger partial charge in [-0.05, 0) is 37.1 Å². The number of aromatic nitrogens is 1. The van der Waals surface area contributed by atoms with E-state index < -0.39 is 0 Å². The Hall–Kier alpha value is -1.61. The van der Waals surface area contributed by atoms with Crippen molar-refractivity contribution >= 4 is 16.6 Å². The quantitative estimate of drug-likeness (QED) is 0.925. The van der Waals surface area contributed by atoms with Gasteiger partial charge in [0.1, 0.15) is 5.82 Å². The maximum Gasteiger partial charge on any atom is 0.137 e. The van der Waals surface area contributed by atoms with Crippen molar-refractivity contribution in [3.63, 3.8) is 0 Å². The van der Waals surface area contributed by atoms with Crippen molar-refractivity contribution in [3.8, 4) is 0 Å². The SMILES string of the molecule is CCCC1CCCCN1c1nc(CO)cc2ccccc12. The maximum atomic E-state index is 9.51. The standard InChI is InChI=1S/C18H24N2O/c1-2-7-16-9-5-6-11-20(16)18-17-10-4-3-8-14(17)12-15(13-21)19-18/h3-4,8,10,12,16,21H,2,5-7,9,11,13H2,1H3. The van der Waals surface area contributed by atoms with Crippen LogP contribution in [0, 0.1) is 0 Å². The summed E-state index contributed by atoms with van der Waals surface area (Å²) in [7, 11) is 0. The molecule has 1 saturated heterocycles. The predicted molar refractivity (Wildman–Crippen MR) is 87.6 cm³/mol. The van der Waals surface area contributed by atoms with Crippen LogP contribution < -0.4 is 4.90 Å². The van der Waals surface area contributed by atoms with Gasteiger partial charge in [0.05, 0.1) is 12.3 Å². The Bertz CT molecular complexity index is 609. The van der Waals surface area contributed by atoms with Gasteiger partial charge >= 0.3 is 0 Å². The predicted octanol–water partition coefficient (Wildman–Crippen LogP) is 3.89. The Kier molecular flexibility index (Phi) is 4.39. The lowest BCUT2D eigenvalue weighted by molar-refractivity contribution is 0.277. The molecular weight excluding hydrogens is 260 g/mol. The molecular formula is C18H24N2O. The summed E-state index contributed by atoms with van der Waals surface area (Å²) in [5.74, 6) is 1.07. The van der Waals surface area contributed by atoms with Crippen molar-refractivity contribution in [1.82, 2.24) is 4.98 Å². The van der Waals surface area contributed by atoms with Gasteiger partial charge in [-0.25, -0.2) is 4.98 Å². The molecule has 1 aromatic carbocycles. The van der Waals surface area contributed by atoms with E-state index in [1.54, 1.807) is 0 Å². The van der Waals surface area contributed by atoms with Crippen LogP contribution in [0.25, 0.3) is 10.8 Å². The molecule has 0 amide bonds. The number of nitrogens with zero attached hydrogens (tertiary/aromatic N) is 2. The Morgan fingerprint density at radius 3 is 2.95 bits per heavy atom. The highest BCUT2D eigenvalue weighted by molar-refractivity contribution is 5.92. The van der Waals surface area contributed by atoms with E-state index in [0.717, 1.165) is 18.1 Å². The third-order valence-electron chi connectivity index (χ3n) is 4.46. The van der Waals surface area contributed by atoms with Crippen LogP contribution in [0.3, 0.4) is 0 Å². The molecule has 1 aromatic heterocycles. The molecule has 0 bridgehead atoms. The van der Waals surface area contributed by atoms with E-state index in [9.17, 15) is 5.11 Å². The van der Waals surface area contributed by atoms with Crippen molar-refractivity contribution in [2.45, 2.75) is 51.7 Å². The van der Waals surface area contributed by atoms with E-state index in [0.29, 0.717) is 6.04 Å². The van der Waals surface area contributed by atoms with E-state index in [2.05, 4.69) is 30.0 Å².